The van der Waals surface area contributed by atoms with Gasteiger partial charge < -0.3 is 4.84 Å². The molecule has 0 atom stereocenters. The molecule has 4 rings (SSSR count). The Morgan fingerprint density at radius 2 is 2.05 bits per heavy atom. The van der Waals surface area contributed by atoms with E-state index in [9.17, 15) is 0 Å². The Kier molecular flexibility index (Phi) is 2.72. The molecule has 0 amide bonds. The molecular weight excluding hydrogens is 280 g/mol. The predicted molar refractivity (Wildman–Crippen MR) is 80.5 cm³/mol. The fourth-order valence-corrected chi connectivity index (χ4v) is 2.45. The number of aromatic nitrogens is 5. The van der Waals surface area contributed by atoms with Gasteiger partial charge in [0.2, 0.25) is 0 Å². The first-order valence-electron chi connectivity index (χ1n) is 6.80. The lowest BCUT2D eigenvalue weighted by Crippen LogP contribution is -2.08. The van der Waals surface area contributed by atoms with Gasteiger partial charge in [0.15, 0.2) is 5.82 Å². The maximum Gasteiger partial charge on any atom is 0.272 e. The first-order valence-corrected chi connectivity index (χ1v) is 6.80. The van der Waals surface area contributed by atoms with Gasteiger partial charge in [-0.05, 0) is 6.92 Å². The van der Waals surface area contributed by atoms with Crippen molar-refractivity contribution < 1.29 is 4.84 Å². The zero-order chi connectivity index (χ0) is 15.1. The van der Waals surface area contributed by atoms with Crippen molar-refractivity contribution >= 4 is 11.5 Å². The van der Waals surface area contributed by atoms with Crippen molar-refractivity contribution in [2.75, 3.05) is 6.61 Å². The quantitative estimate of drug-likeness (QED) is 0.327. The maximum absolute atomic E-state index is 5.27. The van der Waals surface area contributed by atoms with Crippen LogP contribution in [0.25, 0.3) is 17.0 Å². The van der Waals surface area contributed by atoms with E-state index in [1.807, 2.05) is 31.2 Å². The maximum atomic E-state index is 5.27. The zero-order valence-corrected chi connectivity index (χ0v) is 11.9. The third-order valence-electron chi connectivity index (χ3n) is 3.43. The summed E-state index contributed by atoms with van der Waals surface area (Å²) in [7, 11) is 0. The third kappa shape index (κ3) is 1.72. The Balaban J connectivity index is 1.98. The van der Waals surface area contributed by atoms with Gasteiger partial charge in [-0.15, -0.1) is 10.2 Å². The number of hydrogen-bond acceptors (Lipinski definition) is 6. The lowest BCUT2D eigenvalue weighted by atomic mass is 10.1. The Morgan fingerprint density at radius 3 is 2.86 bits per heavy atom. The second kappa shape index (κ2) is 4.73. The van der Waals surface area contributed by atoms with Crippen LogP contribution in [0.15, 0.2) is 42.1 Å². The minimum absolute atomic E-state index is 0.336. The smallest absolute Gasteiger partial charge is 0.272 e. The van der Waals surface area contributed by atoms with Gasteiger partial charge >= 0.3 is 0 Å². The van der Waals surface area contributed by atoms with Gasteiger partial charge in [-0.3, -0.25) is 0 Å². The van der Waals surface area contributed by atoms with E-state index in [-0.39, 0.29) is 0 Å². The highest BCUT2D eigenvalue weighted by Gasteiger charge is 2.30. The molecule has 2 aromatic heterocycles. The van der Waals surface area contributed by atoms with Crippen LogP contribution in [0.1, 0.15) is 17.1 Å². The molecule has 1 aliphatic carbocycles. The van der Waals surface area contributed by atoms with Crippen molar-refractivity contribution in [3.05, 3.63) is 54.0 Å². The van der Waals surface area contributed by atoms with E-state index in [4.69, 9.17) is 4.84 Å². The van der Waals surface area contributed by atoms with Gasteiger partial charge in [0, 0.05) is 11.1 Å². The molecule has 108 valence electrons. The zero-order valence-electron chi connectivity index (χ0n) is 11.9. The number of nitrogens with zero attached hydrogens (tertiary/aromatic N) is 6. The van der Waals surface area contributed by atoms with Gasteiger partial charge in [0.25, 0.3) is 5.78 Å². The van der Waals surface area contributed by atoms with Gasteiger partial charge in [0.05, 0.1) is 0 Å². The summed E-state index contributed by atoms with van der Waals surface area (Å²) in [6.07, 6.45) is 1.64. The fourth-order valence-electron chi connectivity index (χ4n) is 2.45. The summed E-state index contributed by atoms with van der Waals surface area (Å²) >= 11 is 0. The number of aryl methyl sites for hydroxylation is 1. The highest BCUT2D eigenvalue weighted by Crippen LogP contribution is 2.34. The lowest BCUT2D eigenvalue weighted by Gasteiger charge is -2.01. The molecule has 7 heteroatoms. The Morgan fingerprint density at radius 1 is 1.23 bits per heavy atom. The van der Waals surface area contributed by atoms with Crippen molar-refractivity contribution in [1.29, 1.82) is 0 Å². The van der Waals surface area contributed by atoms with E-state index in [1.54, 1.807) is 10.6 Å². The topological polar surface area (TPSA) is 77.6 Å². The summed E-state index contributed by atoms with van der Waals surface area (Å²) in [5, 5.41) is 16.8. The van der Waals surface area contributed by atoms with E-state index in [0.29, 0.717) is 29.6 Å². The first-order chi connectivity index (χ1) is 10.8. The Hall–Kier alpha value is -3.09. The SMILES string of the molecule is C=CCON=C1c2ccccc2-c2nc3nnc(C)n3nc21. The minimum Gasteiger partial charge on any atom is -0.391 e. The number of fused-ring (bicyclic) bond motifs is 4. The average Bonchev–Trinajstić information content (AvgIpc) is 3.05. The van der Waals surface area contributed by atoms with Gasteiger partial charge in [-0.2, -0.15) is 9.61 Å². The number of benzene rings is 1. The van der Waals surface area contributed by atoms with Gasteiger partial charge in [-0.25, -0.2) is 4.98 Å². The standard InChI is InChI=1S/C15H12N6O/c1-3-8-22-20-13-11-7-5-4-6-10(11)12-14(13)19-21-9(2)17-18-15(21)16-12/h3-7H,1,8H2,2H3. The van der Waals surface area contributed by atoms with Gasteiger partial charge in [-0.1, -0.05) is 42.1 Å². The average molecular weight is 292 g/mol. The fraction of sp³-hybridized carbons (Fsp3) is 0.133. The minimum atomic E-state index is 0.336. The van der Waals surface area contributed by atoms with Crippen molar-refractivity contribution in [2.24, 2.45) is 5.16 Å². The van der Waals surface area contributed by atoms with E-state index >= 15 is 0 Å². The van der Waals surface area contributed by atoms with Crippen LogP contribution in [0.2, 0.25) is 0 Å². The predicted octanol–water partition coefficient (Wildman–Crippen LogP) is 1.76. The molecule has 1 aromatic carbocycles. The Bertz CT molecular complexity index is 927. The second-order valence-corrected chi connectivity index (χ2v) is 4.84. The number of oxime groups is 1. The van der Waals surface area contributed by atoms with Crippen LogP contribution in [-0.4, -0.2) is 37.1 Å². The molecule has 0 fully saturated rings. The molecule has 7 nitrogen and oxygen atoms in total. The first kappa shape index (κ1) is 12.6. The highest BCUT2D eigenvalue weighted by molar-refractivity contribution is 6.22. The van der Waals surface area contributed by atoms with Crippen molar-refractivity contribution in [1.82, 2.24) is 24.8 Å². The normalized spacial score (nSPS) is 14.1. The van der Waals surface area contributed by atoms with E-state index in [1.165, 1.54) is 0 Å². The van der Waals surface area contributed by atoms with Crippen molar-refractivity contribution in [3.8, 4) is 11.3 Å². The summed E-state index contributed by atoms with van der Waals surface area (Å²) < 4.78 is 1.60. The summed E-state index contributed by atoms with van der Waals surface area (Å²) in [6.45, 7) is 5.78. The molecule has 1 aliphatic rings. The molecular formula is C15H12N6O. The van der Waals surface area contributed by atoms with E-state index in [0.717, 1.165) is 16.8 Å². The molecule has 2 heterocycles. The number of hydrogen-bond donors (Lipinski definition) is 0. The summed E-state index contributed by atoms with van der Waals surface area (Å²) in [5.41, 5.74) is 3.99. The van der Waals surface area contributed by atoms with Crippen LogP contribution in [0.5, 0.6) is 0 Å². The monoisotopic (exact) mass is 292 g/mol. The molecule has 3 aromatic rings. The van der Waals surface area contributed by atoms with Crippen LogP contribution >= 0.6 is 0 Å². The van der Waals surface area contributed by atoms with Crippen LogP contribution in [0.4, 0.5) is 0 Å². The molecule has 0 unspecified atom stereocenters. The molecule has 0 N–H and O–H groups in total. The van der Waals surface area contributed by atoms with Crippen LogP contribution in [0.3, 0.4) is 0 Å². The molecule has 0 bridgehead atoms. The summed E-state index contributed by atoms with van der Waals surface area (Å²) in [4.78, 5) is 9.83. The molecule has 0 radical (unpaired) electrons. The third-order valence-corrected chi connectivity index (χ3v) is 3.43. The van der Waals surface area contributed by atoms with Crippen molar-refractivity contribution in [2.45, 2.75) is 6.92 Å². The number of rotatable bonds is 3. The van der Waals surface area contributed by atoms with Gasteiger partial charge in [0.1, 0.15) is 23.7 Å². The summed E-state index contributed by atoms with van der Waals surface area (Å²) in [5.74, 6) is 1.15. The molecule has 0 spiro atoms. The lowest BCUT2D eigenvalue weighted by molar-refractivity contribution is 0.175. The Labute approximate surface area is 126 Å². The molecule has 0 saturated carbocycles. The molecule has 22 heavy (non-hydrogen) atoms. The van der Waals surface area contributed by atoms with Crippen LogP contribution in [0, 0.1) is 6.92 Å². The van der Waals surface area contributed by atoms with Crippen LogP contribution < -0.4 is 0 Å². The van der Waals surface area contributed by atoms with E-state index < -0.39 is 0 Å². The molecule has 0 aliphatic heterocycles. The highest BCUT2D eigenvalue weighted by atomic mass is 16.6. The largest absolute Gasteiger partial charge is 0.391 e. The summed E-state index contributed by atoms with van der Waals surface area (Å²) in [6, 6.07) is 7.87. The van der Waals surface area contributed by atoms with Crippen LogP contribution in [-0.2, 0) is 4.84 Å². The van der Waals surface area contributed by atoms with Crippen molar-refractivity contribution in [3.63, 3.8) is 0 Å². The second-order valence-electron chi connectivity index (χ2n) is 4.84. The van der Waals surface area contributed by atoms with E-state index in [2.05, 4.69) is 32.0 Å². The molecule has 0 saturated heterocycles.